The molecule has 0 aliphatic carbocycles. The molecule has 128 valence electrons. The number of ether oxygens (including phenoxy) is 2. The van der Waals surface area contributed by atoms with Crippen molar-refractivity contribution in [3.8, 4) is 11.5 Å². The maximum atomic E-state index is 11.9. The Morgan fingerprint density at radius 1 is 1.20 bits per heavy atom. The summed E-state index contributed by atoms with van der Waals surface area (Å²) in [5, 5.41) is 8.02. The Kier molecular flexibility index (Phi) is 5.30. The van der Waals surface area contributed by atoms with Crippen LogP contribution in [0.2, 0.25) is 0 Å². The van der Waals surface area contributed by atoms with Crippen molar-refractivity contribution in [1.82, 2.24) is 5.43 Å². The van der Waals surface area contributed by atoms with E-state index in [9.17, 15) is 4.79 Å². The second-order valence-corrected chi connectivity index (χ2v) is 6.35. The highest BCUT2D eigenvalue weighted by Crippen LogP contribution is 2.29. The fourth-order valence-electron chi connectivity index (χ4n) is 2.52. The van der Waals surface area contributed by atoms with Gasteiger partial charge in [0.05, 0.1) is 26.9 Å². The third-order valence-electron chi connectivity index (χ3n) is 3.75. The van der Waals surface area contributed by atoms with E-state index in [0.29, 0.717) is 12.2 Å². The van der Waals surface area contributed by atoms with Crippen LogP contribution in [0, 0.1) is 0 Å². The number of methoxy groups -OCH3 is 2. The van der Waals surface area contributed by atoms with E-state index < -0.39 is 0 Å². The standard InChI is InChI=1S/C19H18N2O3S/c1-23-14-7-5-13-6-8-18(24-2)17(16(13)10-14)12-20-21-19(22)11-15-4-3-9-25-15/h3-10,12H,11H2,1-2H3,(H,21,22)/b20-12-. The number of hydrogen-bond acceptors (Lipinski definition) is 5. The molecule has 1 N–H and O–H groups in total. The van der Waals surface area contributed by atoms with Gasteiger partial charge in [-0.1, -0.05) is 18.2 Å². The zero-order chi connectivity index (χ0) is 17.6. The number of benzene rings is 2. The van der Waals surface area contributed by atoms with Crippen LogP contribution in [0.15, 0.2) is 52.9 Å². The normalized spacial score (nSPS) is 11.0. The van der Waals surface area contributed by atoms with Crippen LogP contribution in [-0.4, -0.2) is 26.3 Å². The SMILES string of the molecule is COc1ccc2ccc(OC)c(/C=N\NC(=O)Cc3cccs3)c2c1. The molecule has 0 atom stereocenters. The summed E-state index contributed by atoms with van der Waals surface area (Å²) in [7, 11) is 3.23. The van der Waals surface area contributed by atoms with Crippen LogP contribution in [0.3, 0.4) is 0 Å². The quantitative estimate of drug-likeness (QED) is 0.543. The minimum Gasteiger partial charge on any atom is -0.497 e. The maximum Gasteiger partial charge on any atom is 0.245 e. The predicted molar refractivity (Wildman–Crippen MR) is 101 cm³/mol. The fourth-order valence-corrected chi connectivity index (χ4v) is 3.22. The summed E-state index contributed by atoms with van der Waals surface area (Å²) in [4.78, 5) is 12.9. The van der Waals surface area contributed by atoms with E-state index in [2.05, 4.69) is 10.5 Å². The van der Waals surface area contributed by atoms with Crippen molar-refractivity contribution in [3.63, 3.8) is 0 Å². The number of fused-ring (bicyclic) bond motifs is 1. The van der Waals surface area contributed by atoms with Gasteiger partial charge in [-0.25, -0.2) is 5.43 Å². The molecule has 5 nitrogen and oxygen atoms in total. The van der Waals surface area contributed by atoms with Crippen molar-refractivity contribution >= 4 is 34.2 Å². The number of nitrogens with one attached hydrogen (secondary N) is 1. The van der Waals surface area contributed by atoms with Gasteiger partial charge in [0.15, 0.2) is 0 Å². The van der Waals surface area contributed by atoms with Gasteiger partial charge in [0.2, 0.25) is 5.91 Å². The van der Waals surface area contributed by atoms with Crippen molar-refractivity contribution in [3.05, 3.63) is 58.3 Å². The smallest absolute Gasteiger partial charge is 0.245 e. The average Bonchev–Trinajstić information content (AvgIpc) is 3.14. The van der Waals surface area contributed by atoms with E-state index in [0.717, 1.165) is 27.0 Å². The summed E-state index contributed by atoms with van der Waals surface area (Å²) >= 11 is 1.55. The van der Waals surface area contributed by atoms with Crippen LogP contribution in [-0.2, 0) is 11.2 Å². The number of hydrazone groups is 1. The van der Waals surface area contributed by atoms with E-state index >= 15 is 0 Å². The number of hydrogen-bond donors (Lipinski definition) is 1. The number of carbonyl (C=O) groups is 1. The third-order valence-corrected chi connectivity index (χ3v) is 4.62. The van der Waals surface area contributed by atoms with Gasteiger partial charge in [-0.3, -0.25) is 4.79 Å². The molecular formula is C19H18N2O3S. The summed E-state index contributed by atoms with van der Waals surface area (Å²) in [5.74, 6) is 1.27. The van der Waals surface area contributed by atoms with Crippen LogP contribution in [0.25, 0.3) is 10.8 Å². The zero-order valence-corrected chi connectivity index (χ0v) is 14.8. The van der Waals surface area contributed by atoms with Crippen molar-refractivity contribution < 1.29 is 14.3 Å². The predicted octanol–water partition coefficient (Wildman–Crippen LogP) is 3.61. The van der Waals surface area contributed by atoms with Gasteiger partial charge in [-0.05, 0) is 40.4 Å². The van der Waals surface area contributed by atoms with Gasteiger partial charge >= 0.3 is 0 Å². The van der Waals surface area contributed by atoms with E-state index in [1.807, 2.05) is 47.8 Å². The number of carbonyl (C=O) groups excluding carboxylic acids is 1. The van der Waals surface area contributed by atoms with E-state index in [1.54, 1.807) is 31.8 Å². The summed E-state index contributed by atoms with van der Waals surface area (Å²) in [5.41, 5.74) is 3.35. The van der Waals surface area contributed by atoms with Gasteiger partial charge in [0.25, 0.3) is 0 Å². The molecule has 0 saturated heterocycles. The van der Waals surface area contributed by atoms with E-state index in [4.69, 9.17) is 9.47 Å². The van der Waals surface area contributed by atoms with Crippen molar-refractivity contribution in [1.29, 1.82) is 0 Å². The van der Waals surface area contributed by atoms with Crippen molar-refractivity contribution in [2.45, 2.75) is 6.42 Å². The van der Waals surface area contributed by atoms with Gasteiger partial charge in [-0.2, -0.15) is 5.10 Å². The van der Waals surface area contributed by atoms with Crippen LogP contribution in [0.4, 0.5) is 0 Å². The van der Waals surface area contributed by atoms with Crippen LogP contribution in [0.1, 0.15) is 10.4 Å². The topological polar surface area (TPSA) is 59.9 Å². The Hall–Kier alpha value is -2.86. The molecule has 3 aromatic rings. The van der Waals surface area contributed by atoms with Gasteiger partial charge < -0.3 is 9.47 Å². The van der Waals surface area contributed by atoms with Gasteiger partial charge in [0.1, 0.15) is 11.5 Å². The molecule has 0 saturated carbocycles. The molecule has 0 fully saturated rings. The second kappa shape index (κ2) is 7.81. The Morgan fingerprint density at radius 2 is 2.04 bits per heavy atom. The largest absolute Gasteiger partial charge is 0.497 e. The first-order valence-electron chi connectivity index (χ1n) is 7.70. The van der Waals surface area contributed by atoms with Crippen molar-refractivity contribution in [2.24, 2.45) is 5.10 Å². The molecule has 0 aliphatic rings. The first kappa shape index (κ1) is 17.0. The number of rotatable bonds is 6. The Labute approximate surface area is 149 Å². The van der Waals surface area contributed by atoms with E-state index in [-0.39, 0.29) is 5.91 Å². The van der Waals surface area contributed by atoms with Crippen molar-refractivity contribution in [2.75, 3.05) is 14.2 Å². The number of thiophene rings is 1. The summed E-state index contributed by atoms with van der Waals surface area (Å²) < 4.78 is 10.7. The van der Waals surface area contributed by atoms with Crippen LogP contribution >= 0.6 is 11.3 Å². The average molecular weight is 354 g/mol. The molecule has 1 heterocycles. The Bertz CT molecular complexity index is 899. The molecule has 1 aromatic heterocycles. The molecule has 1 amide bonds. The lowest BCUT2D eigenvalue weighted by atomic mass is 10.0. The molecule has 0 aliphatic heterocycles. The highest BCUT2D eigenvalue weighted by Gasteiger charge is 2.08. The molecule has 25 heavy (non-hydrogen) atoms. The lowest BCUT2D eigenvalue weighted by Crippen LogP contribution is -2.19. The molecule has 3 rings (SSSR count). The number of nitrogens with zero attached hydrogens (tertiary/aromatic N) is 1. The Morgan fingerprint density at radius 3 is 2.76 bits per heavy atom. The van der Waals surface area contributed by atoms with Crippen LogP contribution in [0.5, 0.6) is 11.5 Å². The lowest BCUT2D eigenvalue weighted by Gasteiger charge is -2.10. The van der Waals surface area contributed by atoms with Crippen LogP contribution < -0.4 is 14.9 Å². The summed E-state index contributed by atoms with van der Waals surface area (Å²) in [6.45, 7) is 0. The fraction of sp³-hybridized carbons (Fsp3) is 0.158. The molecular weight excluding hydrogens is 336 g/mol. The summed E-state index contributed by atoms with van der Waals surface area (Å²) in [6.07, 6.45) is 1.92. The van der Waals surface area contributed by atoms with Gasteiger partial charge in [-0.15, -0.1) is 11.3 Å². The molecule has 0 radical (unpaired) electrons. The monoisotopic (exact) mass is 354 g/mol. The first-order chi connectivity index (χ1) is 12.2. The molecule has 6 heteroatoms. The molecule has 0 spiro atoms. The Balaban J connectivity index is 1.84. The van der Waals surface area contributed by atoms with Gasteiger partial charge in [0, 0.05) is 10.4 Å². The summed E-state index contributed by atoms with van der Waals surface area (Å²) in [6, 6.07) is 13.5. The highest BCUT2D eigenvalue weighted by molar-refractivity contribution is 7.10. The highest BCUT2D eigenvalue weighted by atomic mass is 32.1. The second-order valence-electron chi connectivity index (χ2n) is 5.32. The number of amides is 1. The maximum absolute atomic E-state index is 11.9. The molecule has 0 bridgehead atoms. The third kappa shape index (κ3) is 3.97. The minimum atomic E-state index is -0.157. The lowest BCUT2D eigenvalue weighted by molar-refractivity contribution is -0.120. The molecule has 2 aromatic carbocycles. The molecule has 0 unspecified atom stereocenters. The zero-order valence-electron chi connectivity index (χ0n) is 14.0. The first-order valence-corrected chi connectivity index (χ1v) is 8.58. The minimum absolute atomic E-state index is 0.157. The van der Waals surface area contributed by atoms with E-state index in [1.165, 1.54) is 0 Å².